The second kappa shape index (κ2) is 6.74. The van der Waals surface area contributed by atoms with E-state index in [1.165, 1.54) is 0 Å². The molecule has 1 saturated carbocycles. The molecule has 0 aliphatic heterocycles. The highest BCUT2D eigenvalue weighted by Gasteiger charge is 2.30. The molecule has 2 N–H and O–H groups in total. The molecule has 1 aromatic heterocycles. The Morgan fingerprint density at radius 1 is 1.45 bits per heavy atom. The summed E-state index contributed by atoms with van der Waals surface area (Å²) in [6.07, 6.45) is 2.87. The van der Waals surface area contributed by atoms with Crippen LogP contribution in [0.4, 0.5) is 4.79 Å². The molecule has 2 amide bonds. The van der Waals surface area contributed by atoms with Gasteiger partial charge in [0.2, 0.25) is 0 Å². The summed E-state index contributed by atoms with van der Waals surface area (Å²) in [5, 5.41) is 9.70. The molecule has 1 aliphatic carbocycles. The maximum Gasteiger partial charge on any atom is 0.315 e. The Bertz CT molecular complexity index is 433. The van der Waals surface area contributed by atoms with Crippen molar-refractivity contribution in [1.29, 1.82) is 0 Å². The average Bonchev–Trinajstić information content (AvgIpc) is 2.68. The van der Waals surface area contributed by atoms with Crippen LogP contribution in [0.2, 0.25) is 0 Å². The van der Waals surface area contributed by atoms with Crippen LogP contribution in [0.3, 0.4) is 0 Å². The van der Waals surface area contributed by atoms with Crippen molar-refractivity contribution < 1.29 is 14.1 Å². The summed E-state index contributed by atoms with van der Waals surface area (Å²) in [4.78, 5) is 11.7. The fourth-order valence-corrected chi connectivity index (χ4v) is 2.45. The Balaban J connectivity index is 1.62. The molecule has 2 rings (SSSR count). The third-order valence-corrected chi connectivity index (χ3v) is 3.67. The fraction of sp³-hybridized carbons (Fsp3) is 0.714. The first-order valence-corrected chi connectivity index (χ1v) is 7.17. The minimum atomic E-state index is -0.114. The van der Waals surface area contributed by atoms with Crippen LogP contribution in [0.25, 0.3) is 0 Å². The van der Waals surface area contributed by atoms with Crippen molar-refractivity contribution in [3.8, 4) is 0 Å². The summed E-state index contributed by atoms with van der Waals surface area (Å²) in [6.45, 7) is 7.10. The quantitative estimate of drug-likeness (QED) is 0.832. The van der Waals surface area contributed by atoms with Gasteiger partial charge in [-0.3, -0.25) is 0 Å². The topological polar surface area (TPSA) is 76.4 Å². The van der Waals surface area contributed by atoms with Crippen LogP contribution in [0.5, 0.6) is 0 Å². The number of aryl methyl sites for hydroxylation is 2. The SMILES string of the molecule is CCOC1CC(NC(=O)NCCc2c(C)noc2C)C1. The number of aromatic nitrogens is 1. The molecule has 1 heterocycles. The van der Waals surface area contributed by atoms with E-state index in [4.69, 9.17) is 9.26 Å². The Morgan fingerprint density at radius 2 is 2.20 bits per heavy atom. The zero-order valence-corrected chi connectivity index (χ0v) is 12.4. The highest BCUT2D eigenvalue weighted by molar-refractivity contribution is 5.74. The number of carbonyl (C=O) groups is 1. The summed E-state index contributed by atoms with van der Waals surface area (Å²) >= 11 is 0. The van der Waals surface area contributed by atoms with Crippen molar-refractivity contribution in [1.82, 2.24) is 15.8 Å². The predicted octanol–water partition coefficient (Wildman–Crippen LogP) is 1.70. The van der Waals surface area contributed by atoms with Gasteiger partial charge < -0.3 is 19.9 Å². The van der Waals surface area contributed by atoms with Crippen molar-refractivity contribution >= 4 is 6.03 Å². The summed E-state index contributed by atoms with van der Waals surface area (Å²) in [7, 11) is 0. The molecule has 0 radical (unpaired) electrons. The normalized spacial score (nSPS) is 21.4. The molecule has 1 aliphatic rings. The van der Waals surface area contributed by atoms with Gasteiger partial charge in [0.1, 0.15) is 5.76 Å². The monoisotopic (exact) mass is 281 g/mol. The summed E-state index contributed by atoms with van der Waals surface area (Å²) in [5.74, 6) is 0.822. The van der Waals surface area contributed by atoms with Crippen LogP contribution in [-0.2, 0) is 11.2 Å². The lowest BCUT2D eigenvalue weighted by Crippen LogP contribution is -2.51. The average molecular weight is 281 g/mol. The number of hydrogen-bond acceptors (Lipinski definition) is 4. The number of nitrogens with zero attached hydrogens (tertiary/aromatic N) is 1. The number of carbonyl (C=O) groups excluding carboxylic acids is 1. The van der Waals surface area contributed by atoms with Crippen LogP contribution in [0.1, 0.15) is 36.8 Å². The highest BCUT2D eigenvalue weighted by Crippen LogP contribution is 2.22. The fourth-order valence-electron chi connectivity index (χ4n) is 2.45. The van der Waals surface area contributed by atoms with Crippen LogP contribution in [-0.4, -0.2) is 36.5 Å². The number of ether oxygens (including phenoxy) is 1. The third-order valence-electron chi connectivity index (χ3n) is 3.67. The largest absolute Gasteiger partial charge is 0.378 e. The van der Waals surface area contributed by atoms with Gasteiger partial charge in [-0.1, -0.05) is 5.16 Å². The zero-order chi connectivity index (χ0) is 14.5. The number of nitrogens with one attached hydrogen (secondary N) is 2. The minimum Gasteiger partial charge on any atom is -0.378 e. The lowest BCUT2D eigenvalue weighted by molar-refractivity contribution is -0.00707. The van der Waals surface area contributed by atoms with E-state index in [0.29, 0.717) is 12.6 Å². The third kappa shape index (κ3) is 3.72. The van der Waals surface area contributed by atoms with Crippen LogP contribution >= 0.6 is 0 Å². The summed E-state index contributed by atoms with van der Waals surface area (Å²) in [5.41, 5.74) is 1.97. The molecule has 20 heavy (non-hydrogen) atoms. The molecule has 112 valence electrons. The maximum absolute atomic E-state index is 11.7. The van der Waals surface area contributed by atoms with Crippen molar-refractivity contribution in [2.45, 2.75) is 52.2 Å². The Labute approximate surface area is 119 Å². The van der Waals surface area contributed by atoms with Crippen molar-refractivity contribution in [3.05, 3.63) is 17.0 Å². The van der Waals surface area contributed by atoms with Gasteiger partial charge in [-0.2, -0.15) is 0 Å². The molecule has 0 atom stereocenters. The Morgan fingerprint density at radius 3 is 2.80 bits per heavy atom. The van der Waals surface area contributed by atoms with Crippen LogP contribution in [0.15, 0.2) is 4.52 Å². The number of amides is 2. The Kier molecular flexibility index (Phi) is 5.00. The number of urea groups is 1. The van der Waals surface area contributed by atoms with Gasteiger partial charge in [0.05, 0.1) is 11.8 Å². The molecule has 0 aromatic carbocycles. The Hall–Kier alpha value is -1.56. The molecular weight excluding hydrogens is 258 g/mol. The standard InChI is InChI=1S/C14H23N3O3/c1-4-19-12-7-11(8-12)16-14(18)15-6-5-13-9(2)17-20-10(13)3/h11-12H,4-8H2,1-3H3,(H2,15,16,18). The van der Waals surface area contributed by atoms with Gasteiger partial charge in [0, 0.05) is 24.8 Å². The first kappa shape index (κ1) is 14.8. The molecule has 0 spiro atoms. The van der Waals surface area contributed by atoms with E-state index in [0.717, 1.165) is 42.9 Å². The van der Waals surface area contributed by atoms with Crippen molar-refractivity contribution in [2.24, 2.45) is 0 Å². The maximum atomic E-state index is 11.7. The smallest absolute Gasteiger partial charge is 0.315 e. The minimum absolute atomic E-state index is 0.114. The lowest BCUT2D eigenvalue weighted by atomic mass is 9.89. The molecule has 0 bridgehead atoms. The van der Waals surface area contributed by atoms with Gasteiger partial charge in [0.25, 0.3) is 0 Å². The molecule has 6 heteroatoms. The van der Waals surface area contributed by atoms with Gasteiger partial charge in [-0.25, -0.2) is 4.79 Å². The van der Waals surface area contributed by atoms with Crippen molar-refractivity contribution in [3.63, 3.8) is 0 Å². The van der Waals surface area contributed by atoms with E-state index in [9.17, 15) is 4.79 Å². The van der Waals surface area contributed by atoms with Gasteiger partial charge >= 0.3 is 6.03 Å². The first-order valence-electron chi connectivity index (χ1n) is 7.17. The second-order valence-electron chi connectivity index (χ2n) is 5.20. The molecule has 6 nitrogen and oxygen atoms in total. The lowest BCUT2D eigenvalue weighted by Gasteiger charge is -2.35. The predicted molar refractivity (Wildman–Crippen MR) is 74.7 cm³/mol. The van der Waals surface area contributed by atoms with Crippen LogP contribution < -0.4 is 10.6 Å². The van der Waals surface area contributed by atoms with Crippen molar-refractivity contribution in [2.75, 3.05) is 13.2 Å². The van der Waals surface area contributed by atoms with E-state index in [-0.39, 0.29) is 12.1 Å². The molecule has 0 unspecified atom stereocenters. The summed E-state index contributed by atoms with van der Waals surface area (Å²) < 4.78 is 10.5. The molecule has 1 fully saturated rings. The van der Waals surface area contributed by atoms with E-state index in [1.807, 2.05) is 20.8 Å². The number of hydrogen-bond donors (Lipinski definition) is 2. The molecular formula is C14H23N3O3. The van der Waals surface area contributed by atoms with E-state index in [1.54, 1.807) is 0 Å². The molecule has 1 aromatic rings. The van der Waals surface area contributed by atoms with E-state index in [2.05, 4.69) is 15.8 Å². The van der Waals surface area contributed by atoms with Gasteiger partial charge in [-0.05, 0) is 40.0 Å². The first-order chi connectivity index (χ1) is 9.60. The van der Waals surface area contributed by atoms with E-state index < -0.39 is 0 Å². The zero-order valence-electron chi connectivity index (χ0n) is 12.4. The molecule has 0 saturated heterocycles. The van der Waals surface area contributed by atoms with Gasteiger partial charge in [-0.15, -0.1) is 0 Å². The second-order valence-corrected chi connectivity index (χ2v) is 5.20. The van der Waals surface area contributed by atoms with E-state index >= 15 is 0 Å². The van der Waals surface area contributed by atoms with Gasteiger partial charge in [0.15, 0.2) is 0 Å². The van der Waals surface area contributed by atoms with Crippen LogP contribution in [0, 0.1) is 13.8 Å². The number of rotatable bonds is 6. The summed E-state index contributed by atoms with van der Waals surface area (Å²) in [6, 6.07) is 0.127. The highest BCUT2D eigenvalue weighted by atomic mass is 16.5.